The minimum absolute atomic E-state index is 0.0840. The van der Waals surface area contributed by atoms with Crippen LogP contribution in [0.5, 0.6) is 11.5 Å². The van der Waals surface area contributed by atoms with Gasteiger partial charge in [0.1, 0.15) is 6.04 Å². The monoisotopic (exact) mass is 566 g/mol. The minimum atomic E-state index is -0.636. The van der Waals surface area contributed by atoms with Crippen LogP contribution in [0.4, 0.5) is 0 Å². The summed E-state index contributed by atoms with van der Waals surface area (Å²) in [6.07, 6.45) is 1.21. The standard InChI is InChI=1S/C30H35BrN2O4/c1-4-36-27-17-13-23(20-28(27)37-5-2)14-18-29(34)33(21-24-11-15-25(31)16-12-24)26(30(35)32-3)19-22-9-7-6-8-10-22/h6-13,15-17,20,26H,4-5,14,18-19,21H2,1-3H3,(H,32,35)/t26-/m0/s1. The second kappa shape index (κ2) is 14.4. The van der Waals surface area contributed by atoms with E-state index in [2.05, 4.69) is 21.2 Å². The van der Waals surface area contributed by atoms with Crippen molar-refractivity contribution in [3.63, 3.8) is 0 Å². The van der Waals surface area contributed by atoms with Gasteiger partial charge in [-0.1, -0.05) is 64.5 Å². The number of carbonyl (C=O) groups is 2. The first-order chi connectivity index (χ1) is 17.9. The summed E-state index contributed by atoms with van der Waals surface area (Å²) in [7, 11) is 1.61. The first-order valence-electron chi connectivity index (χ1n) is 12.6. The zero-order valence-electron chi connectivity index (χ0n) is 21.7. The molecule has 0 saturated heterocycles. The number of benzene rings is 3. The van der Waals surface area contributed by atoms with Crippen LogP contribution < -0.4 is 14.8 Å². The Bertz CT molecular complexity index is 1150. The van der Waals surface area contributed by atoms with Gasteiger partial charge in [-0.3, -0.25) is 9.59 Å². The number of amides is 2. The minimum Gasteiger partial charge on any atom is -0.490 e. The summed E-state index contributed by atoms with van der Waals surface area (Å²) in [6.45, 7) is 5.27. The normalized spacial score (nSPS) is 11.5. The Kier molecular flexibility index (Phi) is 11.0. The molecule has 0 fully saturated rings. The maximum atomic E-state index is 13.7. The largest absolute Gasteiger partial charge is 0.490 e. The lowest BCUT2D eigenvalue weighted by molar-refractivity contribution is -0.141. The summed E-state index contributed by atoms with van der Waals surface area (Å²) in [4.78, 5) is 28.5. The SMILES string of the molecule is CCOc1ccc(CCC(=O)N(Cc2ccc(Br)cc2)[C@@H](Cc2ccccc2)C(=O)NC)cc1OCC. The van der Waals surface area contributed by atoms with Crippen molar-refractivity contribution in [1.82, 2.24) is 10.2 Å². The van der Waals surface area contributed by atoms with Gasteiger partial charge in [-0.05, 0) is 61.2 Å². The molecule has 3 aromatic carbocycles. The van der Waals surface area contributed by atoms with Crippen LogP contribution >= 0.6 is 15.9 Å². The Hall–Kier alpha value is -3.32. The maximum absolute atomic E-state index is 13.7. The van der Waals surface area contributed by atoms with Crippen LogP contribution in [0.15, 0.2) is 77.3 Å². The highest BCUT2D eigenvalue weighted by atomic mass is 79.9. The lowest BCUT2D eigenvalue weighted by Crippen LogP contribution is -2.49. The fraction of sp³-hybridized carbons (Fsp3) is 0.333. The first kappa shape index (κ1) is 28.3. The number of nitrogens with zero attached hydrogens (tertiary/aromatic N) is 1. The zero-order valence-corrected chi connectivity index (χ0v) is 23.3. The van der Waals surface area contributed by atoms with Gasteiger partial charge in [0.25, 0.3) is 0 Å². The van der Waals surface area contributed by atoms with Crippen molar-refractivity contribution in [2.75, 3.05) is 20.3 Å². The van der Waals surface area contributed by atoms with Crippen molar-refractivity contribution in [2.24, 2.45) is 0 Å². The lowest BCUT2D eigenvalue weighted by atomic mass is 10.0. The van der Waals surface area contributed by atoms with E-state index in [1.807, 2.05) is 86.6 Å². The summed E-state index contributed by atoms with van der Waals surface area (Å²) in [6, 6.07) is 22.7. The van der Waals surface area contributed by atoms with Gasteiger partial charge < -0.3 is 19.7 Å². The fourth-order valence-corrected chi connectivity index (χ4v) is 4.42. The molecule has 0 radical (unpaired) electrons. The maximum Gasteiger partial charge on any atom is 0.242 e. The van der Waals surface area contributed by atoms with Crippen molar-refractivity contribution < 1.29 is 19.1 Å². The number of nitrogens with one attached hydrogen (secondary N) is 1. The third kappa shape index (κ3) is 8.35. The fourth-order valence-electron chi connectivity index (χ4n) is 4.15. The Labute approximate surface area is 228 Å². The number of ether oxygens (including phenoxy) is 2. The van der Waals surface area contributed by atoms with Gasteiger partial charge in [-0.15, -0.1) is 0 Å². The lowest BCUT2D eigenvalue weighted by Gasteiger charge is -2.31. The molecule has 3 rings (SSSR count). The third-order valence-corrected chi connectivity index (χ3v) is 6.55. The van der Waals surface area contributed by atoms with Crippen LogP contribution in [0.25, 0.3) is 0 Å². The molecule has 0 unspecified atom stereocenters. The Morgan fingerprint density at radius 2 is 1.51 bits per heavy atom. The number of rotatable bonds is 13. The molecule has 7 heteroatoms. The average molecular weight is 568 g/mol. The third-order valence-electron chi connectivity index (χ3n) is 6.02. The number of likely N-dealkylation sites (N-methyl/N-ethyl adjacent to an activating group) is 1. The average Bonchev–Trinajstić information content (AvgIpc) is 2.92. The molecule has 37 heavy (non-hydrogen) atoms. The van der Waals surface area contributed by atoms with Crippen molar-refractivity contribution in [2.45, 2.75) is 45.7 Å². The van der Waals surface area contributed by atoms with E-state index in [9.17, 15) is 9.59 Å². The smallest absolute Gasteiger partial charge is 0.242 e. The molecular weight excluding hydrogens is 532 g/mol. The highest BCUT2D eigenvalue weighted by molar-refractivity contribution is 9.10. The predicted molar refractivity (Wildman–Crippen MR) is 150 cm³/mol. The number of hydrogen-bond acceptors (Lipinski definition) is 4. The van der Waals surface area contributed by atoms with Gasteiger partial charge in [0.2, 0.25) is 11.8 Å². The molecule has 0 aliphatic carbocycles. The van der Waals surface area contributed by atoms with Crippen LogP contribution in [-0.4, -0.2) is 43.0 Å². The molecule has 0 bridgehead atoms. The molecule has 1 atom stereocenters. The van der Waals surface area contributed by atoms with Gasteiger partial charge in [0.15, 0.2) is 11.5 Å². The van der Waals surface area contributed by atoms with Crippen molar-refractivity contribution >= 4 is 27.7 Å². The predicted octanol–water partition coefficient (Wildman–Crippen LogP) is 5.57. The van der Waals surface area contributed by atoms with E-state index in [4.69, 9.17) is 9.47 Å². The van der Waals surface area contributed by atoms with E-state index in [0.717, 1.165) is 21.2 Å². The summed E-state index contributed by atoms with van der Waals surface area (Å²) in [5.41, 5.74) is 2.93. The van der Waals surface area contributed by atoms with E-state index in [0.29, 0.717) is 44.1 Å². The van der Waals surface area contributed by atoms with Gasteiger partial charge in [0, 0.05) is 30.9 Å². The molecule has 0 heterocycles. The molecule has 2 amide bonds. The summed E-state index contributed by atoms with van der Waals surface area (Å²) >= 11 is 3.47. The summed E-state index contributed by atoms with van der Waals surface area (Å²) in [5.74, 6) is 1.10. The van der Waals surface area contributed by atoms with E-state index in [-0.39, 0.29) is 18.2 Å². The van der Waals surface area contributed by atoms with Crippen LogP contribution in [-0.2, 0) is 29.0 Å². The molecule has 1 N–H and O–H groups in total. The van der Waals surface area contributed by atoms with Crippen LogP contribution in [0, 0.1) is 0 Å². The zero-order chi connectivity index (χ0) is 26.6. The Morgan fingerprint density at radius 1 is 0.865 bits per heavy atom. The Balaban J connectivity index is 1.85. The van der Waals surface area contributed by atoms with Crippen molar-refractivity contribution in [1.29, 1.82) is 0 Å². The highest BCUT2D eigenvalue weighted by Gasteiger charge is 2.29. The van der Waals surface area contributed by atoms with Gasteiger partial charge in [0.05, 0.1) is 13.2 Å². The van der Waals surface area contributed by atoms with E-state index in [1.165, 1.54) is 0 Å². The van der Waals surface area contributed by atoms with Crippen LogP contribution in [0.3, 0.4) is 0 Å². The Morgan fingerprint density at radius 3 is 2.16 bits per heavy atom. The molecule has 0 aromatic heterocycles. The highest BCUT2D eigenvalue weighted by Crippen LogP contribution is 2.29. The molecule has 0 aliphatic rings. The molecule has 0 saturated carbocycles. The van der Waals surface area contributed by atoms with Gasteiger partial charge in [-0.2, -0.15) is 0 Å². The molecule has 3 aromatic rings. The molecular formula is C30H35BrN2O4. The molecule has 6 nitrogen and oxygen atoms in total. The number of halogens is 1. The molecule has 196 valence electrons. The molecule has 0 spiro atoms. The first-order valence-corrected chi connectivity index (χ1v) is 13.4. The second-order valence-electron chi connectivity index (χ2n) is 8.61. The number of aryl methyl sites for hydroxylation is 1. The molecule has 0 aliphatic heterocycles. The second-order valence-corrected chi connectivity index (χ2v) is 9.53. The van der Waals surface area contributed by atoms with E-state index in [1.54, 1.807) is 11.9 Å². The topological polar surface area (TPSA) is 67.9 Å². The van der Waals surface area contributed by atoms with Gasteiger partial charge >= 0.3 is 0 Å². The van der Waals surface area contributed by atoms with Crippen molar-refractivity contribution in [3.05, 3.63) is 94.0 Å². The van der Waals surface area contributed by atoms with Crippen LogP contribution in [0.2, 0.25) is 0 Å². The van der Waals surface area contributed by atoms with Gasteiger partial charge in [-0.25, -0.2) is 0 Å². The quantitative estimate of drug-likeness (QED) is 0.294. The van der Waals surface area contributed by atoms with E-state index >= 15 is 0 Å². The summed E-state index contributed by atoms with van der Waals surface area (Å²) in [5, 5.41) is 2.76. The number of hydrogen-bond donors (Lipinski definition) is 1. The summed E-state index contributed by atoms with van der Waals surface area (Å²) < 4.78 is 12.4. The number of carbonyl (C=O) groups excluding carboxylic acids is 2. The van der Waals surface area contributed by atoms with Crippen molar-refractivity contribution in [3.8, 4) is 11.5 Å². The van der Waals surface area contributed by atoms with Crippen LogP contribution in [0.1, 0.15) is 37.0 Å². The van der Waals surface area contributed by atoms with E-state index < -0.39 is 6.04 Å².